The highest BCUT2D eigenvalue weighted by Gasteiger charge is 2.18. The van der Waals surface area contributed by atoms with Crippen LogP contribution in [0.3, 0.4) is 0 Å². The summed E-state index contributed by atoms with van der Waals surface area (Å²) in [4.78, 5) is 13.7. The third-order valence-corrected chi connectivity index (χ3v) is 3.09. The van der Waals surface area contributed by atoms with Gasteiger partial charge >= 0.3 is 0 Å². The van der Waals surface area contributed by atoms with E-state index in [0.717, 1.165) is 11.1 Å². The molecule has 0 aliphatic heterocycles. The maximum absolute atomic E-state index is 12.2. The molecular weight excluding hydrogens is 256 g/mol. The van der Waals surface area contributed by atoms with E-state index in [9.17, 15) is 9.90 Å². The zero-order valence-corrected chi connectivity index (χ0v) is 11.3. The summed E-state index contributed by atoms with van der Waals surface area (Å²) < 4.78 is 4.97. The van der Waals surface area contributed by atoms with Gasteiger partial charge in [-0.25, -0.2) is 0 Å². The highest BCUT2D eigenvalue weighted by molar-refractivity contribution is 5.81. The number of amides is 1. The predicted octanol–water partition coefficient (Wildman–Crippen LogP) is 1.51. The van der Waals surface area contributed by atoms with Crippen LogP contribution in [0.5, 0.6) is 5.75 Å². The highest BCUT2D eigenvalue weighted by atomic mass is 16.3. The van der Waals surface area contributed by atoms with Crippen LogP contribution in [0.2, 0.25) is 0 Å². The minimum Gasteiger partial charge on any atom is -0.508 e. The van der Waals surface area contributed by atoms with Gasteiger partial charge in [-0.15, -0.1) is 0 Å². The average Bonchev–Trinajstić information content (AvgIpc) is 2.93. The van der Waals surface area contributed by atoms with Crippen molar-refractivity contribution in [2.24, 2.45) is 5.73 Å². The lowest BCUT2D eigenvalue weighted by Crippen LogP contribution is -2.42. The molecule has 2 aromatic rings. The van der Waals surface area contributed by atoms with Gasteiger partial charge in [-0.3, -0.25) is 4.79 Å². The van der Waals surface area contributed by atoms with Crippen molar-refractivity contribution in [2.75, 3.05) is 7.05 Å². The van der Waals surface area contributed by atoms with E-state index in [4.69, 9.17) is 10.2 Å². The van der Waals surface area contributed by atoms with Gasteiger partial charge in [0.15, 0.2) is 0 Å². The smallest absolute Gasteiger partial charge is 0.239 e. The van der Waals surface area contributed by atoms with E-state index in [0.29, 0.717) is 13.0 Å². The summed E-state index contributed by atoms with van der Waals surface area (Å²) in [6.45, 7) is 0.471. The number of hydrogen-bond acceptors (Lipinski definition) is 4. The van der Waals surface area contributed by atoms with Crippen LogP contribution in [0.25, 0.3) is 0 Å². The number of carbonyl (C=O) groups excluding carboxylic acids is 1. The summed E-state index contributed by atoms with van der Waals surface area (Å²) in [7, 11) is 1.71. The molecule has 5 nitrogen and oxygen atoms in total. The summed E-state index contributed by atoms with van der Waals surface area (Å²) in [6.07, 6.45) is 3.62. The fourth-order valence-corrected chi connectivity index (χ4v) is 1.99. The van der Waals surface area contributed by atoms with E-state index in [1.54, 1.807) is 48.7 Å². The third-order valence-electron chi connectivity index (χ3n) is 3.09. The molecule has 20 heavy (non-hydrogen) atoms. The van der Waals surface area contributed by atoms with E-state index >= 15 is 0 Å². The van der Waals surface area contributed by atoms with Gasteiger partial charge < -0.3 is 20.2 Å². The number of aromatic hydroxyl groups is 1. The largest absolute Gasteiger partial charge is 0.508 e. The number of phenolic OH excluding ortho intramolecular Hbond substituents is 1. The fraction of sp³-hybridized carbons (Fsp3) is 0.267. The molecule has 106 valence electrons. The number of furan rings is 1. The van der Waals surface area contributed by atoms with Crippen molar-refractivity contribution in [1.82, 2.24) is 4.90 Å². The van der Waals surface area contributed by atoms with Crippen LogP contribution in [-0.2, 0) is 17.8 Å². The molecule has 1 atom stereocenters. The number of likely N-dealkylation sites (N-methyl/N-ethyl adjacent to an activating group) is 1. The summed E-state index contributed by atoms with van der Waals surface area (Å²) in [5, 5.41) is 9.22. The van der Waals surface area contributed by atoms with Gasteiger partial charge in [-0.05, 0) is 30.2 Å². The van der Waals surface area contributed by atoms with Gasteiger partial charge in [0.2, 0.25) is 5.91 Å². The Balaban J connectivity index is 1.92. The van der Waals surface area contributed by atoms with Crippen molar-refractivity contribution >= 4 is 5.91 Å². The Labute approximate surface area is 117 Å². The van der Waals surface area contributed by atoms with Crippen molar-refractivity contribution < 1.29 is 14.3 Å². The van der Waals surface area contributed by atoms with E-state index in [2.05, 4.69) is 0 Å². The Morgan fingerprint density at radius 3 is 2.60 bits per heavy atom. The summed E-state index contributed by atoms with van der Waals surface area (Å²) in [5.74, 6) is 0.0741. The molecule has 3 N–H and O–H groups in total. The monoisotopic (exact) mass is 274 g/mol. The normalized spacial score (nSPS) is 12.1. The van der Waals surface area contributed by atoms with Crippen LogP contribution < -0.4 is 5.73 Å². The first-order chi connectivity index (χ1) is 9.56. The number of phenols is 1. The molecule has 0 saturated heterocycles. The topological polar surface area (TPSA) is 79.7 Å². The molecule has 1 heterocycles. The maximum atomic E-state index is 12.2. The molecule has 0 radical (unpaired) electrons. The van der Waals surface area contributed by atoms with E-state index in [1.807, 2.05) is 6.07 Å². The van der Waals surface area contributed by atoms with Gasteiger partial charge in [0, 0.05) is 19.2 Å². The maximum Gasteiger partial charge on any atom is 0.239 e. The van der Waals surface area contributed by atoms with Crippen LogP contribution in [0.15, 0.2) is 47.3 Å². The third kappa shape index (κ3) is 3.61. The molecule has 1 aromatic heterocycles. The van der Waals surface area contributed by atoms with Gasteiger partial charge in [0.05, 0.1) is 18.6 Å². The number of carbonyl (C=O) groups is 1. The molecule has 0 aliphatic carbocycles. The van der Waals surface area contributed by atoms with E-state index < -0.39 is 6.04 Å². The van der Waals surface area contributed by atoms with Crippen molar-refractivity contribution in [1.29, 1.82) is 0 Å². The molecule has 0 saturated carbocycles. The average molecular weight is 274 g/mol. The molecule has 0 unspecified atom stereocenters. The lowest BCUT2D eigenvalue weighted by molar-refractivity contribution is -0.131. The zero-order chi connectivity index (χ0) is 14.5. The second-order valence-electron chi connectivity index (χ2n) is 4.80. The van der Waals surface area contributed by atoms with Crippen molar-refractivity contribution in [3.63, 3.8) is 0 Å². The number of rotatable bonds is 5. The molecule has 0 bridgehead atoms. The Morgan fingerprint density at radius 2 is 2.00 bits per heavy atom. The van der Waals surface area contributed by atoms with E-state index in [-0.39, 0.29) is 11.7 Å². The standard InChI is InChI=1S/C15H18N2O3/c1-17(9-12-6-7-20-10-12)15(19)14(16)8-11-2-4-13(18)5-3-11/h2-7,10,14,18H,8-9,16H2,1H3/t14-/m0/s1. The first-order valence-corrected chi connectivity index (χ1v) is 6.36. The summed E-state index contributed by atoms with van der Waals surface area (Å²) in [5.41, 5.74) is 7.79. The number of benzene rings is 1. The van der Waals surface area contributed by atoms with Gasteiger partial charge in [0.25, 0.3) is 0 Å². The molecule has 0 fully saturated rings. The van der Waals surface area contributed by atoms with Crippen LogP contribution in [0.1, 0.15) is 11.1 Å². The van der Waals surface area contributed by atoms with Crippen molar-refractivity contribution in [2.45, 2.75) is 19.0 Å². The van der Waals surface area contributed by atoms with Crippen molar-refractivity contribution in [3.8, 4) is 5.75 Å². The number of nitrogens with two attached hydrogens (primary N) is 1. The van der Waals surface area contributed by atoms with Crippen LogP contribution in [0, 0.1) is 0 Å². The molecule has 1 aromatic carbocycles. The molecule has 1 amide bonds. The Morgan fingerprint density at radius 1 is 1.30 bits per heavy atom. The minimum atomic E-state index is -0.601. The van der Waals surface area contributed by atoms with Crippen LogP contribution in [0.4, 0.5) is 0 Å². The number of hydrogen-bond donors (Lipinski definition) is 2. The van der Waals surface area contributed by atoms with Gasteiger partial charge in [-0.2, -0.15) is 0 Å². The fourth-order valence-electron chi connectivity index (χ4n) is 1.99. The molecule has 5 heteroatoms. The molecular formula is C15H18N2O3. The number of nitrogens with zero attached hydrogens (tertiary/aromatic N) is 1. The lowest BCUT2D eigenvalue weighted by Gasteiger charge is -2.20. The Bertz CT molecular complexity index is 549. The predicted molar refractivity (Wildman–Crippen MR) is 75.0 cm³/mol. The van der Waals surface area contributed by atoms with Gasteiger partial charge in [0.1, 0.15) is 5.75 Å². The summed E-state index contributed by atoms with van der Waals surface area (Å²) in [6, 6.07) is 7.91. The van der Waals surface area contributed by atoms with E-state index in [1.165, 1.54) is 0 Å². The lowest BCUT2D eigenvalue weighted by atomic mass is 10.1. The first kappa shape index (κ1) is 14.1. The minimum absolute atomic E-state index is 0.126. The second-order valence-corrected chi connectivity index (χ2v) is 4.80. The zero-order valence-electron chi connectivity index (χ0n) is 11.3. The quantitative estimate of drug-likeness (QED) is 0.866. The van der Waals surface area contributed by atoms with Crippen molar-refractivity contribution in [3.05, 3.63) is 54.0 Å². The molecule has 0 spiro atoms. The first-order valence-electron chi connectivity index (χ1n) is 6.36. The van der Waals surface area contributed by atoms with Crippen LogP contribution in [-0.4, -0.2) is 29.0 Å². The summed E-state index contributed by atoms with van der Waals surface area (Å²) >= 11 is 0. The van der Waals surface area contributed by atoms with Gasteiger partial charge in [-0.1, -0.05) is 12.1 Å². The Hall–Kier alpha value is -2.27. The second kappa shape index (κ2) is 6.25. The highest BCUT2D eigenvalue weighted by Crippen LogP contribution is 2.12. The Kier molecular flexibility index (Phi) is 4.42. The molecule has 0 aliphatic rings. The SMILES string of the molecule is CN(Cc1ccoc1)C(=O)[C@@H](N)Cc1ccc(O)cc1. The van der Waals surface area contributed by atoms with Crippen LogP contribution >= 0.6 is 0 Å². The molecule has 2 rings (SSSR count).